The number of rotatable bonds is 5. The van der Waals surface area contributed by atoms with E-state index in [1.807, 2.05) is 0 Å². The molecule has 2 fully saturated rings. The SMILES string of the molecule is CC(C)(C)N1CCN(CCCC(C)(C)N2CCCCC2=O)CC1. The van der Waals surface area contributed by atoms with Crippen LogP contribution in [0.1, 0.15) is 66.7 Å². The lowest BCUT2D eigenvalue weighted by Crippen LogP contribution is -2.53. The maximum absolute atomic E-state index is 12.1. The third kappa shape index (κ3) is 5.18. The summed E-state index contributed by atoms with van der Waals surface area (Å²) in [5, 5.41) is 0. The van der Waals surface area contributed by atoms with Gasteiger partial charge < -0.3 is 9.80 Å². The largest absolute Gasteiger partial charge is 0.338 e. The molecule has 0 N–H and O–H groups in total. The monoisotopic (exact) mass is 323 g/mol. The zero-order valence-electron chi connectivity index (χ0n) is 16.0. The Bertz CT molecular complexity index is 392. The number of amides is 1. The van der Waals surface area contributed by atoms with Crippen LogP contribution in [-0.2, 0) is 4.79 Å². The van der Waals surface area contributed by atoms with Crippen LogP contribution in [-0.4, -0.2) is 71.0 Å². The van der Waals surface area contributed by atoms with Crippen LogP contribution in [0.3, 0.4) is 0 Å². The molecular formula is C19H37N3O. The number of hydrogen-bond acceptors (Lipinski definition) is 3. The van der Waals surface area contributed by atoms with Crippen molar-refractivity contribution >= 4 is 5.91 Å². The molecule has 4 heteroatoms. The molecule has 0 radical (unpaired) electrons. The maximum atomic E-state index is 12.1. The summed E-state index contributed by atoms with van der Waals surface area (Å²) in [7, 11) is 0. The van der Waals surface area contributed by atoms with Gasteiger partial charge in [-0.25, -0.2) is 0 Å². The Hall–Kier alpha value is -0.610. The summed E-state index contributed by atoms with van der Waals surface area (Å²) >= 11 is 0. The third-order valence-corrected chi connectivity index (χ3v) is 5.64. The van der Waals surface area contributed by atoms with Crippen molar-refractivity contribution in [3.05, 3.63) is 0 Å². The average Bonchev–Trinajstić information content (AvgIpc) is 2.47. The van der Waals surface area contributed by atoms with Crippen molar-refractivity contribution in [2.24, 2.45) is 0 Å². The second kappa shape index (κ2) is 7.52. The molecule has 1 amide bonds. The van der Waals surface area contributed by atoms with E-state index < -0.39 is 0 Å². The molecule has 0 spiro atoms. The Morgan fingerprint density at radius 3 is 2.13 bits per heavy atom. The Kier molecular flexibility index (Phi) is 6.12. The summed E-state index contributed by atoms with van der Waals surface area (Å²) in [6, 6.07) is 0. The Morgan fingerprint density at radius 1 is 0.913 bits per heavy atom. The van der Waals surface area contributed by atoms with E-state index in [9.17, 15) is 4.79 Å². The maximum Gasteiger partial charge on any atom is 0.223 e. The van der Waals surface area contributed by atoms with E-state index in [4.69, 9.17) is 0 Å². The molecule has 23 heavy (non-hydrogen) atoms. The van der Waals surface area contributed by atoms with Gasteiger partial charge in [0, 0.05) is 50.2 Å². The van der Waals surface area contributed by atoms with Gasteiger partial charge in [-0.05, 0) is 66.8 Å². The molecule has 2 aliphatic heterocycles. The number of nitrogens with zero attached hydrogens (tertiary/aromatic N) is 3. The Balaban J connectivity index is 1.71. The molecule has 0 saturated carbocycles. The fourth-order valence-corrected chi connectivity index (χ4v) is 3.96. The summed E-state index contributed by atoms with van der Waals surface area (Å²) in [6.45, 7) is 18.2. The fraction of sp³-hybridized carbons (Fsp3) is 0.947. The summed E-state index contributed by atoms with van der Waals surface area (Å²) in [5.41, 5.74) is 0.313. The summed E-state index contributed by atoms with van der Waals surface area (Å²) < 4.78 is 0. The first kappa shape index (κ1) is 18.7. The molecular weight excluding hydrogens is 286 g/mol. The van der Waals surface area contributed by atoms with Crippen molar-refractivity contribution in [1.82, 2.24) is 14.7 Å². The van der Waals surface area contributed by atoms with Crippen LogP contribution in [0, 0.1) is 0 Å². The van der Waals surface area contributed by atoms with Gasteiger partial charge in [0.1, 0.15) is 0 Å². The minimum absolute atomic E-state index is 0.0186. The summed E-state index contributed by atoms with van der Waals surface area (Å²) in [5.74, 6) is 0.361. The van der Waals surface area contributed by atoms with Gasteiger partial charge in [-0.15, -0.1) is 0 Å². The number of carbonyl (C=O) groups excluding carboxylic acids is 1. The molecule has 0 aromatic heterocycles. The van der Waals surface area contributed by atoms with E-state index in [0.29, 0.717) is 11.4 Å². The van der Waals surface area contributed by atoms with Gasteiger partial charge in [-0.3, -0.25) is 9.69 Å². The van der Waals surface area contributed by atoms with Crippen LogP contribution in [0.5, 0.6) is 0 Å². The van der Waals surface area contributed by atoms with Crippen LogP contribution < -0.4 is 0 Å². The van der Waals surface area contributed by atoms with Gasteiger partial charge in [0.2, 0.25) is 5.91 Å². The van der Waals surface area contributed by atoms with Crippen molar-refractivity contribution in [3.8, 4) is 0 Å². The van der Waals surface area contributed by atoms with Crippen molar-refractivity contribution < 1.29 is 4.79 Å². The van der Waals surface area contributed by atoms with Crippen molar-refractivity contribution in [2.45, 2.75) is 77.8 Å². The normalized spacial score (nSPS) is 22.7. The van der Waals surface area contributed by atoms with Gasteiger partial charge in [0.05, 0.1) is 0 Å². The lowest BCUT2D eigenvalue weighted by atomic mass is 9.93. The van der Waals surface area contributed by atoms with Crippen molar-refractivity contribution in [1.29, 1.82) is 0 Å². The minimum Gasteiger partial charge on any atom is -0.338 e. The number of piperazine rings is 1. The van der Waals surface area contributed by atoms with E-state index in [1.54, 1.807) is 0 Å². The number of hydrogen-bond donors (Lipinski definition) is 0. The molecule has 134 valence electrons. The smallest absolute Gasteiger partial charge is 0.223 e. The number of likely N-dealkylation sites (tertiary alicyclic amines) is 1. The lowest BCUT2D eigenvalue weighted by molar-refractivity contribution is -0.139. The van der Waals surface area contributed by atoms with Crippen LogP contribution >= 0.6 is 0 Å². The molecule has 0 aromatic carbocycles. The highest BCUT2D eigenvalue weighted by Gasteiger charge is 2.32. The highest BCUT2D eigenvalue weighted by atomic mass is 16.2. The van der Waals surface area contributed by atoms with Gasteiger partial charge >= 0.3 is 0 Å². The predicted molar refractivity (Wildman–Crippen MR) is 96.6 cm³/mol. The van der Waals surface area contributed by atoms with Crippen molar-refractivity contribution in [2.75, 3.05) is 39.3 Å². The highest BCUT2D eigenvalue weighted by Crippen LogP contribution is 2.26. The van der Waals surface area contributed by atoms with E-state index >= 15 is 0 Å². The van der Waals surface area contributed by atoms with E-state index in [1.165, 1.54) is 45.6 Å². The summed E-state index contributed by atoms with van der Waals surface area (Å²) in [6.07, 6.45) is 5.29. The molecule has 0 atom stereocenters. The van der Waals surface area contributed by atoms with Gasteiger partial charge in [-0.1, -0.05) is 0 Å². The Labute approximate surface area is 143 Å². The van der Waals surface area contributed by atoms with Crippen LogP contribution in [0.15, 0.2) is 0 Å². The zero-order valence-corrected chi connectivity index (χ0v) is 16.0. The fourth-order valence-electron chi connectivity index (χ4n) is 3.96. The third-order valence-electron chi connectivity index (χ3n) is 5.64. The Morgan fingerprint density at radius 2 is 1.57 bits per heavy atom. The standard InChI is InChI=1S/C19H37N3O/c1-18(2,3)21-15-13-20(14-16-21)11-8-10-19(4,5)22-12-7-6-9-17(22)23/h6-16H2,1-5H3. The van der Waals surface area contributed by atoms with Gasteiger partial charge in [-0.2, -0.15) is 0 Å². The first-order valence-corrected chi connectivity index (χ1v) is 9.48. The zero-order chi connectivity index (χ0) is 17.1. The molecule has 0 aromatic rings. The number of piperidine rings is 1. The van der Waals surface area contributed by atoms with Crippen molar-refractivity contribution in [3.63, 3.8) is 0 Å². The van der Waals surface area contributed by atoms with Crippen LogP contribution in [0.25, 0.3) is 0 Å². The second-order valence-corrected chi connectivity index (χ2v) is 8.92. The quantitative estimate of drug-likeness (QED) is 0.778. The molecule has 0 bridgehead atoms. The van der Waals surface area contributed by atoms with E-state index in [0.717, 1.165) is 25.8 Å². The van der Waals surface area contributed by atoms with E-state index in [-0.39, 0.29) is 5.54 Å². The molecule has 2 rings (SSSR count). The molecule has 0 unspecified atom stereocenters. The number of carbonyl (C=O) groups is 1. The minimum atomic E-state index is 0.0186. The molecule has 2 aliphatic rings. The lowest BCUT2D eigenvalue weighted by Gasteiger charge is -2.43. The predicted octanol–water partition coefficient (Wildman–Crippen LogP) is 2.97. The van der Waals surface area contributed by atoms with Gasteiger partial charge in [0.25, 0.3) is 0 Å². The summed E-state index contributed by atoms with van der Waals surface area (Å²) in [4.78, 5) is 19.5. The first-order valence-electron chi connectivity index (χ1n) is 9.48. The van der Waals surface area contributed by atoms with Crippen LogP contribution in [0.2, 0.25) is 0 Å². The molecule has 0 aliphatic carbocycles. The van der Waals surface area contributed by atoms with Crippen LogP contribution in [0.4, 0.5) is 0 Å². The first-order chi connectivity index (χ1) is 10.7. The van der Waals surface area contributed by atoms with Gasteiger partial charge in [0.15, 0.2) is 0 Å². The molecule has 2 saturated heterocycles. The highest BCUT2D eigenvalue weighted by molar-refractivity contribution is 5.77. The topological polar surface area (TPSA) is 26.8 Å². The van der Waals surface area contributed by atoms with E-state index in [2.05, 4.69) is 49.3 Å². The average molecular weight is 324 g/mol. The second-order valence-electron chi connectivity index (χ2n) is 8.92. The molecule has 4 nitrogen and oxygen atoms in total. The molecule has 2 heterocycles.